The molecule has 3 aromatic rings. The molecular weight excluding hydrogens is 295 g/mol. The predicted molar refractivity (Wildman–Crippen MR) is 78.0 cm³/mol. The Morgan fingerprint density at radius 3 is 2.38 bits per heavy atom. The lowest BCUT2D eigenvalue weighted by Crippen LogP contribution is -2.06. The van der Waals surface area contributed by atoms with Crippen LogP contribution in [0.5, 0.6) is 0 Å². The van der Waals surface area contributed by atoms with Crippen LogP contribution in [-0.2, 0) is 6.18 Å². The summed E-state index contributed by atoms with van der Waals surface area (Å²) in [5.41, 5.74) is 3.37. The fraction of sp³-hybridized carbons (Fsp3) is 0.0625. The molecule has 0 radical (unpaired) electrons. The van der Waals surface area contributed by atoms with Crippen LogP contribution in [0.3, 0.4) is 0 Å². The van der Waals surface area contributed by atoms with Crippen LogP contribution >= 0.6 is 11.3 Å². The highest BCUT2D eigenvalue weighted by Gasteiger charge is 2.33. The number of rotatable bonds is 2. The molecule has 0 saturated heterocycles. The minimum Gasteiger partial charge on any atom is -0.245 e. The molecule has 0 atom stereocenters. The molecular formula is C16H10F3NS. The fourth-order valence-electron chi connectivity index (χ4n) is 2.18. The summed E-state index contributed by atoms with van der Waals surface area (Å²) in [6.45, 7) is 0. The van der Waals surface area contributed by atoms with Crippen LogP contribution in [0.15, 0.2) is 59.4 Å². The van der Waals surface area contributed by atoms with Gasteiger partial charge in [-0.15, -0.1) is 11.3 Å². The highest BCUT2D eigenvalue weighted by atomic mass is 32.1. The van der Waals surface area contributed by atoms with Crippen molar-refractivity contribution in [2.45, 2.75) is 6.18 Å². The third-order valence-corrected chi connectivity index (χ3v) is 3.72. The maximum absolute atomic E-state index is 13.1. The lowest BCUT2D eigenvalue weighted by atomic mass is 9.97. The van der Waals surface area contributed by atoms with Crippen molar-refractivity contribution in [2.24, 2.45) is 0 Å². The fourth-order valence-corrected chi connectivity index (χ4v) is 2.74. The summed E-state index contributed by atoms with van der Waals surface area (Å²) in [6, 6.07) is 12.6. The van der Waals surface area contributed by atoms with E-state index in [1.807, 2.05) is 11.4 Å². The normalized spacial score (nSPS) is 11.6. The second-order valence-corrected chi connectivity index (χ2v) is 5.22. The van der Waals surface area contributed by atoms with Gasteiger partial charge in [-0.1, -0.05) is 36.4 Å². The maximum Gasteiger partial charge on any atom is 0.417 e. The van der Waals surface area contributed by atoms with Gasteiger partial charge in [0.15, 0.2) is 0 Å². The zero-order valence-corrected chi connectivity index (χ0v) is 11.6. The molecule has 0 spiro atoms. The first-order valence-electron chi connectivity index (χ1n) is 6.21. The van der Waals surface area contributed by atoms with E-state index < -0.39 is 11.7 Å². The van der Waals surface area contributed by atoms with Crippen molar-refractivity contribution in [2.75, 3.05) is 0 Å². The number of hydrogen-bond donors (Lipinski definition) is 0. The lowest BCUT2D eigenvalue weighted by Gasteiger charge is -2.13. The number of hydrogen-bond acceptors (Lipinski definition) is 2. The number of halogens is 3. The summed E-state index contributed by atoms with van der Waals surface area (Å²) in [5, 5.41) is 1.87. The quantitative estimate of drug-likeness (QED) is 0.609. The molecule has 106 valence electrons. The second kappa shape index (κ2) is 5.33. The van der Waals surface area contributed by atoms with Crippen LogP contribution in [-0.4, -0.2) is 4.98 Å². The van der Waals surface area contributed by atoms with Crippen molar-refractivity contribution < 1.29 is 13.2 Å². The Kier molecular flexibility index (Phi) is 3.51. The molecule has 1 aromatic heterocycles. The molecule has 5 heteroatoms. The zero-order valence-electron chi connectivity index (χ0n) is 10.8. The van der Waals surface area contributed by atoms with Gasteiger partial charge in [-0.05, 0) is 23.3 Å². The van der Waals surface area contributed by atoms with Crippen molar-refractivity contribution in [3.8, 4) is 22.4 Å². The Labute approximate surface area is 123 Å². The van der Waals surface area contributed by atoms with Gasteiger partial charge in [0.2, 0.25) is 0 Å². The molecule has 0 N–H and O–H groups in total. The monoisotopic (exact) mass is 305 g/mol. The molecule has 21 heavy (non-hydrogen) atoms. The first-order valence-corrected chi connectivity index (χ1v) is 7.15. The van der Waals surface area contributed by atoms with Crippen molar-refractivity contribution in [1.82, 2.24) is 4.98 Å². The number of alkyl halides is 3. The third-order valence-electron chi connectivity index (χ3n) is 3.13. The molecule has 0 fully saturated rings. The molecule has 0 aliphatic heterocycles. The van der Waals surface area contributed by atoms with E-state index in [4.69, 9.17) is 0 Å². The summed E-state index contributed by atoms with van der Waals surface area (Å²) in [7, 11) is 0. The van der Waals surface area contributed by atoms with E-state index in [-0.39, 0.29) is 5.56 Å². The number of aromatic nitrogens is 1. The SMILES string of the molecule is FC(F)(F)c1ccccc1-c1cccc(-c2cscn2)c1. The largest absolute Gasteiger partial charge is 0.417 e. The molecule has 0 saturated carbocycles. The molecule has 0 aliphatic carbocycles. The minimum atomic E-state index is -4.37. The van der Waals surface area contributed by atoms with E-state index >= 15 is 0 Å². The van der Waals surface area contributed by atoms with Crippen LogP contribution in [0.1, 0.15) is 5.56 Å². The summed E-state index contributed by atoms with van der Waals surface area (Å²) >= 11 is 1.45. The topological polar surface area (TPSA) is 12.9 Å². The van der Waals surface area contributed by atoms with Crippen LogP contribution < -0.4 is 0 Å². The third kappa shape index (κ3) is 2.83. The average molecular weight is 305 g/mol. The van der Waals surface area contributed by atoms with E-state index in [0.29, 0.717) is 5.56 Å². The van der Waals surface area contributed by atoms with Crippen molar-refractivity contribution >= 4 is 11.3 Å². The van der Waals surface area contributed by atoms with E-state index in [1.165, 1.54) is 23.5 Å². The average Bonchev–Trinajstić information content (AvgIpc) is 3.01. The van der Waals surface area contributed by atoms with Crippen LogP contribution in [0.4, 0.5) is 13.2 Å². The van der Waals surface area contributed by atoms with Crippen molar-refractivity contribution in [3.05, 3.63) is 65.0 Å². The second-order valence-electron chi connectivity index (χ2n) is 4.50. The van der Waals surface area contributed by atoms with Gasteiger partial charge < -0.3 is 0 Å². The standard InChI is InChI=1S/C16H10F3NS/c17-16(18,19)14-7-2-1-6-13(14)11-4-3-5-12(8-11)15-9-21-10-20-15/h1-10H. The van der Waals surface area contributed by atoms with Gasteiger partial charge in [0.05, 0.1) is 16.8 Å². The highest BCUT2D eigenvalue weighted by Crippen LogP contribution is 2.37. The predicted octanol–water partition coefficient (Wildman–Crippen LogP) is 5.50. The summed E-state index contributed by atoms with van der Waals surface area (Å²) in [5.74, 6) is 0. The van der Waals surface area contributed by atoms with Gasteiger partial charge in [-0.25, -0.2) is 4.98 Å². The van der Waals surface area contributed by atoms with Crippen LogP contribution in [0.2, 0.25) is 0 Å². The Bertz CT molecular complexity index is 748. The molecule has 0 bridgehead atoms. The lowest BCUT2D eigenvalue weighted by molar-refractivity contribution is -0.137. The van der Waals surface area contributed by atoms with Gasteiger partial charge in [-0.2, -0.15) is 13.2 Å². The maximum atomic E-state index is 13.1. The first-order chi connectivity index (χ1) is 10.1. The summed E-state index contributed by atoms with van der Waals surface area (Å²) < 4.78 is 39.3. The molecule has 1 heterocycles. The van der Waals surface area contributed by atoms with E-state index in [9.17, 15) is 13.2 Å². The number of benzene rings is 2. The van der Waals surface area contributed by atoms with Gasteiger partial charge in [0, 0.05) is 10.9 Å². The van der Waals surface area contributed by atoms with Crippen molar-refractivity contribution in [1.29, 1.82) is 0 Å². The van der Waals surface area contributed by atoms with Gasteiger partial charge in [-0.3, -0.25) is 0 Å². The van der Waals surface area contributed by atoms with Gasteiger partial charge in [0.25, 0.3) is 0 Å². The Balaban J connectivity index is 2.12. The summed E-state index contributed by atoms with van der Waals surface area (Å²) in [6.07, 6.45) is -4.37. The van der Waals surface area contributed by atoms with E-state index in [0.717, 1.165) is 17.3 Å². The Morgan fingerprint density at radius 1 is 0.905 bits per heavy atom. The highest BCUT2D eigenvalue weighted by molar-refractivity contribution is 7.07. The van der Waals surface area contributed by atoms with Crippen LogP contribution in [0, 0.1) is 0 Å². The molecule has 3 rings (SSSR count). The molecule has 1 nitrogen and oxygen atoms in total. The molecule has 0 unspecified atom stereocenters. The van der Waals surface area contributed by atoms with E-state index in [1.54, 1.807) is 29.8 Å². The molecule has 2 aromatic carbocycles. The van der Waals surface area contributed by atoms with Gasteiger partial charge >= 0.3 is 6.18 Å². The number of nitrogens with zero attached hydrogens (tertiary/aromatic N) is 1. The molecule has 0 aliphatic rings. The smallest absolute Gasteiger partial charge is 0.245 e. The summed E-state index contributed by atoms with van der Waals surface area (Å²) in [4.78, 5) is 4.19. The molecule has 0 amide bonds. The first kappa shape index (κ1) is 13.8. The minimum absolute atomic E-state index is 0.182. The van der Waals surface area contributed by atoms with Crippen molar-refractivity contribution in [3.63, 3.8) is 0 Å². The van der Waals surface area contributed by atoms with Gasteiger partial charge in [0.1, 0.15) is 0 Å². The van der Waals surface area contributed by atoms with Crippen LogP contribution in [0.25, 0.3) is 22.4 Å². The van der Waals surface area contributed by atoms with E-state index in [2.05, 4.69) is 4.98 Å². The Morgan fingerprint density at radius 2 is 1.67 bits per heavy atom. The number of thiazole rings is 1. The Hall–Kier alpha value is -2.14. The zero-order chi connectivity index (χ0) is 14.9.